The van der Waals surface area contributed by atoms with Crippen LogP contribution < -0.4 is 11.5 Å². The molecule has 0 saturated heterocycles. The van der Waals surface area contributed by atoms with Gasteiger partial charge in [0.25, 0.3) is 0 Å². The lowest BCUT2D eigenvalue weighted by Gasteiger charge is -2.16. The summed E-state index contributed by atoms with van der Waals surface area (Å²) in [7, 11) is 0. The van der Waals surface area contributed by atoms with Crippen molar-refractivity contribution in [2.45, 2.75) is 26.8 Å². The third-order valence-corrected chi connectivity index (χ3v) is 3.37. The van der Waals surface area contributed by atoms with Crippen molar-refractivity contribution >= 4 is 35.0 Å². The van der Waals surface area contributed by atoms with Crippen LogP contribution in [0.1, 0.15) is 20.3 Å². The molecule has 0 aliphatic heterocycles. The Hall–Kier alpha value is -3.28. The second-order valence-electron chi connectivity index (χ2n) is 5.73. The molecule has 2 rings (SSSR count). The normalized spacial score (nSPS) is 10.3. The molecule has 0 aromatic carbocycles. The number of carboxylic acids is 1. The summed E-state index contributed by atoms with van der Waals surface area (Å²) >= 11 is 0. The van der Waals surface area contributed by atoms with E-state index in [1.165, 1.54) is 13.8 Å². The first kappa shape index (κ1) is 22.8. The predicted octanol–water partition coefficient (Wildman–Crippen LogP) is -0.429. The van der Waals surface area contributed by atoms with Crippen LogP contribution in [-0.4, -0.2) is 62.3 Å². The number of nitrogen functional groups attached to an aromatic ring is 1. The fourth-order valence-corrected chi connectivity index (χ4v) is 2.04. The van der Waals surface area contributed by atoms with Crippen LogP contribution in [0, 0.1) is 5.92 Å². The highest BCUT2D eigenvalue weighted by atomic mass is 16.5. The molecule has 0 amide bonds. The molecule has 0 bridgehead atoms. The minimum absolute atomic E-state index is 0.112. The van der Waals surface area contributed by atoms with Crippen molar-refractivity contribution in [2.24, 2.45) is 11.7 Å². The lowest BCUT2D eigenvalue weighted by molar-refractivity contribution is -0.146. The van der Waals surface area contributed by atoms with E-state index in [-0.39, 0.29) is 43.6 Å². The summed E-state index contributed by atoms with van der Waals surface area (Å²) in [6, 6.07) is 0. The Kier molecular flexibility index (Phi) is 9.30. The number of anilines is 1. The van der Waals surface area contributed by atoms with Crippen LogP contribution in [-0.2, 0) is 30.4 Å². The Bertz CT molecular complexity index is 790. The van der Waals surface area contributed by atoms with Gasteiger partial charge in [-0.15, -0.1) is 0 Å². The monoisotopic (exact) mass is 396 g/mol. The van der Waals surface area contributed by atoms with Crippen LogP contribution in [0.4, 0.5) is 5.95 Å². The quantitative estimate of drug-likeness (QED) is 0.491. The van der Waals surface area contributed by atoms with E-state index in [9.17, 15) is 14.4 Å². The van der Waals surface area contributed by atoms with E-state index >= 15 is 0 Å². The molecule has 2 aromatic heterocycles. The maximum atomic E-state index is 11.0. The number of hydrogen-bond donors (Lipinski definition) is 3. The van der Waals surface area contributed by atoms with Crippen molar-refractivity contribution in [3.63, 3.8) is 0 Å². The fourth-order valence-electron chi connectivity index (χ4n) is 2.04. The van der Waals surface area contributed by atoms with Gasteiger partial charge < -0.3 is 30.6 Å². The highest BCUT2D eigenvalue weighted by Crippen LogP contribution is 2.13. The van der Waals surface area contributed by atoms with Crippen LogP contribution in [0.15, 0.2) is 12.5 Å². The van der Waals surface area contributed by atoms with Crippen molar-refractivity contribution in [2.75, 3.05) is 25.5 Å². The Morgan fingerprint density at radius 3 is 2.25 bits per heavy atom. The third kappa shape index (κ3) is 8.40. The maximum Gasteiger partial charge on any atom is 0.317 e. The van der Waals surface area contributed by atoms with Gasteiger partial charge in [-0.2, -0.15) is 4.98 Å². The molecule has 12 heteroatoms. The molecule has 0 spiro atoms. The molecule has 0 aliphatic carbocycles. The Morgan fingerprint density at radius 2 is 1.75 bits per heavy atom. The Labute approximate surface area is 160 Å². The van der Waals surface area contributed by atoms with Crippen molar-refractivity contribution in [3.05, 3.63) is 12.5 Å². The molecule has 2 aromatic rings. The number of nitrogens with two attached hydrogens (primary N) is 2. The van der Waals surface area contributed by atoms with E-state index in [0.717, 1.165) is 0 Å². The van der Waals surface area contributed by atoms with E-state index in [1.807, 2.05) is 4.57 Å². The second-order valence-corrected chi connectivity index (χ2v) is 5.73. The van der Waals surface area contributed by atoms with Gasteiger partial charge in [0.2, 0.25) is 5.95 Å². The summed E-state index contributed by atoms with van der Waals surface area (Å²) in [5.41, 5.74) is 11.4. The molecule has 2 heterocycles. The predicted molar refractivity (Wildman–Crippen MR) is 97.8 cm³/mol. The molecule has 154 valence electrons. The zero-order valence-electron chi connectivity index (χ0n) is 15.7. The Morgan fingerprint density at radius 1 is 1.18 bits per heavy atom. The summed E-state index contributed by atoms with van der Waals surface area (Å²) in [5, 5.41) is 7.60. The van der Waals surface area contributed by atoms with Crippen molar-refractivity contribution in [1.82, 2.24) is 19.5 Å². The number of carbonyl (C=O) groups excluding carboxylic acids is 2. The zero-order chi connectivity index (χ0) is 21.1. The van der Waals surface area contributed by atoms with Crippen LogP contribution in [0.2, 0.25) is 0 Å². The summed E-state index contributed by atoms with van der Waals surface area (Å²) in [5.74, 6) is -1.64. The number of esters is 2. The van der Waals surface area contributed by atoms with Crippen LogP contribution in [0.5, 0.6) is 0 Å². The number of aryl methyl sites for hydroxylation is 1. The summed E-state index contributed by atoms with van der Waals surface area (Å²) < 4.78 is 11.9. The first-order valence-electron chi connectivity index (χ1n) is 8.34. The van der Waals surface area contributed by atoms with Gasteiger partial charge in [-0.05, 0) is 6.42 Å². The summed E-state index contributed by atoms with van der Waals surface area (Å²) in [4.78, 5) is 43.4. The van der Waals surface area contributed by atoms with E-state index in [2.05, 4.69) is 20.7 Å². The van der Waals surface area contributed by atoms with Crippen LogP contribution >= 0.6 is 0 Å². The number of carbonyl (C=O) groups is 3. The molecular weight excluding hydrogens is 372 g/mol. The number of imidazole rings is 1. The zero-order valence-corrected chi connectivity index (χ0v) is 15.7. The molecule has 0 atom stereocenters. The van der Waals surface area contributed by atoms with E-state index in [4.69, 9.17) is 20.3 Å². The minimum Gasteiger partial charge on any atom is -0.480 e. The molecule has 12 nitrogen and oxygen atoms in total. The van der Waals surface area contributed by atoms with E-state index in [0.29, 0.717) is 24.1 Å². The smallest absolute Gasteiger partial charge is 0.317 e. The van der Waals surface area contributed by atoms with Crippen LogP contribution in [0.25, 0.3) is 11.2 Å². The summed E-state index contributed by atoms with van der Waals surface area (Å²) in [6.07, 6.45) is 3.83. The number of rotatable bonds is 8. The maximum absolute atomic E-state index is 11.0. The molecule has 28 heavy (non-hydrogen) atoms. The second kappa shape index (κ2) is 11.4. The molecule has 0 fully saturated rings. The average molecular weight is 396 g/mol. The molecule has 5 N–H and O–H groups in total. The van der Waals surface area contributed by atoms with Gasteiger partial charge in [0, 0.05) is 26.3 Å². The van der Waals surface area contributed by atoms with E-state index in [1.54, 1.807) is 12.5 Å². The first-order chi connectivity index (χ1) is 13.2. The van der Waals surface area contributed by atoms with Crippen molar-refractivity contribution < 1.29 is 29.0 Å². The topological polar surface area (TPSA) is 186 Å². The van der Waals surface area contributed by atoms with Crippen molar-refractivity contribution in [3.8, 4) is 0 Å². The van der Waals surface area contributed by atoms with Gasteiger partial charge in [-0.1, -0.05) is 0 Å². The largest absolute Gasteiger partial charge is 0.480 e. The minimum atomic E-state index is -0.968. The number of fused-ring (bicyclic) bond motifs is 1. The molecule has 0 aliphatic rings. The van der Waals surface area contributed by atoms with Crippen molar-refractivity contribution in [1.29, 1.82) is 0 Å². The van der Waals surface area contributed by atoms with Gasteiger partial charge in [0.05, 0.1) is 32.3 Å². The number of aromatic nitrogens is 4. The highest BCUT2D eigenvalue weighted by Gasteiger charge is 2.14. The molecule has 0 saturated carbocycles. The summed E-state index contributed by atoms with van der Waals surface area (Å²) in [6.45, 7) is 3.34. The lowest BCUT2D eigenvalue weighted by atomic mass is 10.1. The Balaban J connectivity index is 0.000000696. The average Bonchev–Trinajstić information content (AvgIpc) is 3.03. The standard InChI is InChI=1S/C14H19N5O4.C2H5NO2/c1-9(20)22-6-11(7-23-10(2)21)3-4-19-8-17-12-5-16-14(15)18-13(12)19;3-1-2(4)5/h5,8,11H,3-4,6-7H2,1-2H3,(H2,15,16,18);1,3H2,(H,4,5). The number of ether oxygens (including phenoxy) is 2. The number of nitrogens with zero attached hydrogens (tertiary/aromatic N) is 4. The van der Waals surface area contributed by atoms with Gasteiger partial charge >= 0.3 is 17.9 Å². The third-order valence-electron chi connectivity index (χ3n) is 3.37. The van der Waals surface area contributed by atoms with Gasteiger partial charge in [-0.25, -0.2) is 9.97 Å². The molecule has 0 unspecified atom stereocenters. The fraction of sp³-hybridized carbons (Fsp3) is 0.500. The highest BCUT2D eigenvalue weighted by molar-refractivity contribution is 5.70. The van der Waals surface area contributed by atoms with Gasteiger partial charge in [0.15, 0.2) is 5.65 Å². The molecular formula is C16H24N6O6. The molecule has 0 radical (unpaired) electrons. The number of hydrogen-bond acceptors (Lipinski definition) is 10. The van der Waals surface area contributed by atoms with Gasteiger partial charge in [0.1, 0.15) is 5.52 Å². The first-order valence-corrected chi connectivity index (χ1v) is 8.34. The van der Waals surface area contributed by atoms with Crippen LogP contribution in [0.3, 0.4) is 0 Å². The van der Waals surface area contributed by atoms with E-state index < -0.39 is 5.97 Å². The number of carboxylic acid groups (broad SMARTS) is 1. The van der Waals surface area contributed by atoms with Gasteiger partial charge in [-0.3, -0.25) is 14.4 Å². The number of aliphatic carboxylic acids is 1. The lowest BCUT2D eigenvalue weighted by Crippen LogP contribution is -2.21. The SMILES string of the molecule is CC(=O)OCC(CCn1cnc2cnc(N)nc21)COC(C)=O.NCC(=O)O.